The van der Waals surface area contributed by atoms with Crippen LogP contribution in [0.5, 0.6) is 0 Å². The van der Waals surface area contributed by atoms with Crippen LogP contribution in [0.25, 0.3) is 11.1 Å². The van der Waals surface area contributed by atoms with E-state index in [-0.39, 0.29) is 23.2 Å². The molecule has 46 heavy (non-hydrogen) atoms. The number of hydrogen-bond acceptors (Lipinski definition) is 0. The van der Waals surface area contributed by atoms with Gasteiger partial charge in [0.1, 0.15) is 0 Å². The molecule has 0 spiro atoms. The number of halogens is 1. The van der Waals surface area contributed by atoms with Crippen molar-refractivity contribution in [3.8, 4) is 11.1 Å². The molecule has 0 aromatic heterocycles. The van der Waals surface area contributed by atoms with E-state index in [9.17, 15) is 0 Å². The Balaban J connectivity index is 0.000000149. The standard InChI is InChI=1S/C21H25.C17H23.C6H10.ClH.Zr/c1-20(2,3)16-9-7-14-11-15-8-10-17(21(4,5)6)13-19(15)18(14)12-16;1-12-3-4-16(2,8-12)17-9-13-5-14(10-17)7-15(6-13)11-17;1-2-4-6-5-3-1;;/h7,9-10,12-13H,11H2,1-6H3;4,8,13-15H,5-7,9-11H2,1-2H3;1-5H2;1H;/q2*-1;;;/p-1. The van der Waals surface area contributed by atoms with Crippen LogP contribution < -0.4 is 12.4 Å². The predicted molar refractivity (Wildman–Crippen MR) is 189 cm³/mol. The van der Waals surface area contributed by atoms with E-state index in [4.69, 9.17) is 0 Å². The third kappa shape index (κ3) is 7.57. The van der Waals surface area contributed by atoms with Gasteiger partial charge in [-0.3, -0.25) is 6.08 Å². The second kappa shape index (κ2) is 13.7. The molecule has 1 unspecified atom stereocenters. The number of benzene rings is 2. The molecule has 0 radical (unpaired) electrons. The van der Waals surface area contributed by atoms with E-state index in [1.165, 1.54) is 90.3 Å². The van der Waals surface area contributed by atoms with Crippen LogP contribution in [-0.4, -0.2) is 3.21 Å². The van der Waals surface area contributed by atoms with Crippen LogP contribution in [0.2, 0.25) is 0 Å². The monoisotopic (exact) mass is 711 g/mol. The van der Waals surface area contributed by atoms with Gasteiger partial charge >= 0.3 is 59.5 Å². The van der Waals surface area contributed by atoms with Crippen LogP contribution in [0, 0.1) is 40.7 Å². The Morgan fingerprint density at radius 3 is 1.83 bits per heavy atom. The summed E-state index contributed by atoms with van der Waals surface area (Å²) in [6.07, 6.45) is 25.9. The van der Waals surface area contributed by atoms with Crippen LogP contribution in [0.1, 0.15) is 148 Å². The van der Waals surface area contributed by atoms with E-state index in [1.807, 2.05) is 0 Å². The Morgan fingerprint density at radius 2 is 1.35 bits per heavy atom. The SMILES string of the molecule is CC(C)(C)c1c[c-]c2c(c1)-c1cc(C(C)(C)C)ccc1C2.CC1=CC(C)(C23CC4CC(CC(C4)C2)C3)C=[C-]1.[Cl-].[Zr]=[C]1CCCCC1. The molecule has 7 aliphatic carbocycles. The molecule has 5 saturated carbocycles. The van der Waals surface area contributed by atoms with Crippen LogP contribution in [0.3, 0.4) is 0 Å². The maximum atomic E-state index is 3.53. The summed E-state index contributed by atoms with van der Waals surface area (Å²) in [5, 5.41) is 0. The molecular formula is C44H58ClZr-3. The molecule has 0 nitrogen and oxygen atoms in total. The van der Waals surface area contributed by atoms with Gasteiger partial charge in [-0.1, -0.05) is 95.5 Å². The fourth-order valence-electron chi connectivity index (χ4n) is 9.84. The van der Waals surface area contributed by atoms with Crippen molar-refractivity contribution >= 4 is 3.21 Å². The van der Waals surface area contributed by atoms with Gasteiger partial charge in [0, 0.05) is 0 Å². The van der Waals surface area contributed by atoms with Gasteiger partial charge < -0.3 is 12.4 Å². The van der Waals surface area contributed by atoms with Gasteiger partial charge in [0.05, 0.1) is 0 Å². The minimum atomic E-state index is 0. The van der Waals surface area contributed by atoms with E-state index in [0.717, 1.165) is 24.2 Å². The molecule has 5 fully saturated rings. The fraction of sp³-hybridized carbons (Fsp3) is 0.614. The van der Waals surface area contributed by atoms with E-state index in [1.54, 1.807) is 46.7 Å². The van der Waals surface area contributed by atoms with Crippen molar-refractivity contribution in [2.45, 2.75) is 143 Å². The Hall–Kier alpha value is -1.04. The normalized spacial score (nSPS) is 30.3. The molecule has 2 heteroatoms. The number of rotatable bonds is 1. The molecule has 248 valence electrons. The molecule has 0 amide bonds. The molecule has 0 aliphatic heterocycles. The zero-order chi connectivity index (χ0) is 32.2. The van der Waals surface area contributed by atoms with E-state index in [0.29, 0.717) is 10.8 Å². The van der Waals surface area contributed by atoms with Crippen LogP contribution >= 0.6 is 0 Å². The molecule has 4 bridgehead atoms. The molecule has 2 aromatic carbocycles. The average Bonchev–Trinajstić information content (AvgIpc) is 3.52. The van der Waals surface area contributed by atoms with Crippen molar-refractivity contribution in [3.63, 3.8) is 0 Å². The predicted octanol–water partition coefficient (Wildman–Crippen LogP) is 8.86. The fourth-order valence-corrected chi connectivity index (χ4v) is 10.7. The molecule has 0 heterocycles. The van der Waals surface area contributed by atoms with Crippen molar-refractivity contribution in [2.75, 3.05) is 0 Å². The van der Waals surface area contributed by atoms with Gasteiger partial charge in [0.25, 0.3) is 0 Å². The first-order valence-electron chi connectivity index (χ1n) is 18.2. The summed E-state index contributed by atoms with van der Waals surface area (Å²) in [4.78, 5) is 0. The van der Waals surface area contributed by atoms with Crippen molar-refractivity contribution in [1.29, 1.82) is 0 Å². The first-order chi connectivity index (χ1) is 21.1. The minimum absolute atomic E-state index is 0. The van der Waals surface area contributed by atoms with E-state index in [2.05, 4.69) is 110 Å². The molecule has 0 N–H and O–H groups in total. The molecule has 2 aromatic rings. The van der Waals surface area contributed by atoms with Crippen LogP contribution in [-0.2, 0) is 41.5 Å². The summed E-state index contributed by atoms with van der Waals surface area (Å²) in [5.74, 6) is 3.17. The van der Waals surface area contributed by atoms with Crippen molar-refractivity contribution < 1.29 is 36.6 Å². The van der Waals surface area contributed by atoms with Gasteiger partial charge in [-0.15, -0.1) is 5.56 Å². The quantitative estimate of drug-likeness (QED) is 0.221. The van der Waals surface area contributed by atoms with Gasteiger partial charge in [-0.25, -0.2) is 11.6 Å². The van der Waals surface area contributed by atoms with Crippen molar-refractivity contribution in [3.05, 3.63) is 82.5 Å². The zero-order valence-corrected chi connectivity index (χ0v) is 33.4. The second-order valence-electron chi connectivity index (χ2n) is 18.1. The van der Waals surface area contributed by atoms with Crippen LogP contribution in [0.15, 0.2) is 48.1 Å². The second-order valence-corrected chi connectivity index (χ2v) is 19.8. The Labute approximate surface area is 303 Å². The Bertz CT molecular complexity index is 1390. The molecule has 9 rings (SSSR count). The van der Waals surface area contributed by atoms with E-state index >= 15 is 0 Å². The summed E-state index contributed by atoms with van der Waals surface area (Å²) in [6.45, 7) is 18.3. The Morgan fingerprint density at radius 1 is 0.783 bits per heavy atom. The summed E-state index contributed by atoms with van der Waals surface area (Å²) in [7, 11) is 0. The molecule has 7 aliphatic rings. The molecule has 1 atom stereocenters. The van der Waals surface area contributed by atoms with Gasteiger partial charge in [0.15, 0.2) is 0 Å². The number of hydrogen-bond donors (Lipinski definition) is 0. The maximum absolute atomic E-state index is 3.53. The third-order valence-corrected chi connectivity index (χ3v) is 13.5. The molecular weight excluding hydrogens is 655 g/mol. The van der Waals surface area contributed by atoms with Gasteiger partial charge in [-0.2, -0.15) is 35.4 Å². The van der Waals surface area contributed by atoms with Crippen molar-refractivity contribution in [1.82, 2.24) is 0 Å². The Kier molecular flexibility index (Phi) is 10.8. The topological polar surface area (TPSA) is 0 Å². The van der Waals surface area contributed by atoms with Crippen molar-refractivity contribution in [2.24, 2.45) is 28.6 Å². The average molecular weight is 714 g/mol. The summed E-state index contributed by atoms with van der Waals surface area (Å²) >= 11 is 1.69. The van der Waals surface area contributed by atoms with Gasteiger partial charge in [-0.05, 0) is 79.1 Å². The summed E-state index contributed by atoms with van der Waals surface area (Å²) in [6, 6.07) is 15.1. The number of fused-ring (bicyclic) bond motifs is 3. The zero-order valence-electron chi connectivity index (χ0n) is 30.1. The number of allylic oxidation sites excluding steroid dienone is 4. The first-order valence-corrected chi connectivity index (χ1v) is 19.4. The van der Waals surface area contributed by atoms with Crippen LogP contribution in [0.4, 0.5) is 0 Å². The third-order valence-electron chi connectivity index (χ3n) is 12.3. The summed E-state index contributed by atoms with van der Waals surface area (Å²) < 4.78 is 1.80. The molecule has 0 saturated heterocycles. The van der Waals surface area contributed by atoms with E-state index < -0.39 is 0 Å². The first kappa shape index (κ1) is 36.2. The van der Waals surface area contributed by atoms with Gasteiger partial charge in [0.2, 0.25) is 0 Å². The summed E-state index contributed by atoms with van der Waals surface area (Å²) in [5.41, 5.74) is 11.1.